The van der Waals surface area contributed by atoms with Crippen molar-refractivity contribution < 1.29 is 9.47 Å². The highest BCUT2D eigenvalue weighted by molar-refractivity contribution is 9.10. The summed E-state index contributed by atoms with van der Waals surface area (Å²) in [6, 6.07) is 5.98. The van der Waals surface area contributed by atoms with Gasteiger partial charge in [0.25, 0.3) is 0 Å². The second-order valence-electron chi connectivity index (χ2n) is 4.36. The van der Waals surface area contributed by atoms with Crippen LogP contribution in [-0.2, 0) is 11.3 Å². The van der Waals surface area contributed by atoms with Crippen LogP contribution in [0.5, 0.6) is 5.75 Å². The van der Waals surface area contributed by atoms with Crippen molar-refractivity contribution in [2.45, 2.75) is 19.4 Å². The van der Waals surface area contributed by atoms with Gasteiger partial charge in [0.15, 0.2) is 6.79 Å². The Hall–Kier alpha value is -0.580. The maximum absolute atomic E-state index is 5.56. The zero-order valence-electron chi connectivity index (χ0n) is 10.0. The summed E-state index contributed by atoms with van der Waals surface area (Å²) < 4.78 is 12.1. The van der Waals surface area contributed by atoms with E-state index in [9.17, 15) is 0 Å². The fourth-order valence-corrected chi connectivity index (χ4v) is 1.96. The Labute approximate surface area is 111 Å². The molecule has 2 rings (SSSR count). The molecule has 1 aliphatic rings. The third kappa shape index (κ3) is 4.30. The molecule has 1 aromatic carbocycles. The predicted octanol–water partition coefficient (Wildman–Crippen LogP) is 2.93. The fourth-order valence-electron chi connectivity index (χ4n) is 1.58. The highest BCUT2D eigenvalue weighted by Crippen LogP contribution is 2.29. The van der Waals surface area contributed by atoms with Crippen molar-refractivity contribution in [3.05, 3.63) is 28.2 Å². The van der Waals surface area contributed by atoms with Crippen molar-refractivity contribution in [3.8, 4) is 5.75 Å². The molecule has 0 bridgehead atoms. The van der Waals surface area contributed by atoms with E-state index in [0.29, 0.717) is 6.79 Å². The molecule has 0 heterocycles. The molecule has 3 nitrogen and oxygen atoms in total. The molecule has 1 fully saturated rings. The van der Waals surface area contributed by atoms with Gasteiger partial charge in [-0.15, -0.1) is 0 Å². The van der Waals surface area contributed by atoms with Crippen LogP contribution in [-0.4, -0.2) is 20.4 Å². The normalized spacial score (nSPS) is 14.9. The Balaban J connectivity index is 1.79. The zero-order chi connectivity index (χ0) is 12.1. The van der Waals surface area contributed by atoms with Gasteiger partial charge in [-0.25, -0.2) is 0 Å². The lowest BCUT2D eigenvalue weighted by Crippen LogP contribution is -2.08. The van der Waals surface area contributed by atoms with Gasteiger partial charge in [-0.2, -0.15) is 0 Å². The van der Waals surface area contributed by atoms with Gasteiger partial charge in [-0.05, 0) is 49.6 Å². The van der Waals surface area contributed by atoms with Crippen LogP contribution in [0.2, 0.25) is 0 Å². The van der Waals surface area contributed by atoms with Crippen LogP contribution in [0.4, 0.5) is 0 Å². The molecule has 4 heteroatoms. The molecule has 0 atom stereocenters. The van der Waals surface area contributed by atoms with Crippen LogP contribution in [0.1, 0.15) is 18.4 Å². The minimum Gasteiger partial charge on any atom is -0.468 e. The number of nitrogens with one attached hydrogen (secondary N) is 1. The van der Waals surface area contributed by atoms with Crippen LogP contribution in [0, 0.1) is 5.92 Å². The van der Waals surface area contributed by atoms with Crippen LogP contribution < -0.4 is 10.1 Å². The van der Waals surface area contributed by atoms with Gasteiger partial charge < -0.3 is 14.8 Å². The fraction of sp³-hybridized carbons (Fsp3) is 0.538. The molecule has 0 spiro atoms. The molecule has 94 valence electrons. The molecule has 17 heavy (non-hydrogen) atoms. The molecule has 0 aliphatic heterocycles. The molecule has 0 aromatic heterocycles. The molecule has 1 aromatic rings. The summed E-state index contributed by atoms with van der Waals surface area (Å²) in [4.78, 5) is 0. The van der Waals surface area contributed by atoms with Crippen molar-refractivity contribution in [2.24, 2.45) is 5.92 Å². The second-order valence-corrected chi connectivity index (χ2v) is 5.21. The van der Waals surface area contributed by atoms with Crippen molar-refractivity contribution >= 4 is 15.9 Å². The van der Waals surface area contributed by atoms with E-state index in [0.717, 1.165) is 29.3 Å². The first-order valence-electron chi connectivity index (χ1n) is 5.93. The summed E-state index contributed by atoms with van der Waals surface area (Å²) in [7, 11) is 1.93. The number of ether oxygens (including phenoxy) is 2. The summed E-state index contributed by atoms with van der Waals surface area (Å²) in [5.74, 6) is 1.64. The van der Waals surface area contributed by atoms with Crippen molar-refractivity contribution in [2.75, 3.05) is 20.4 Å². The standard InChI is InChI=1S/C13H18BrNO2/c1-15-7-11-6-12(4-5-13(11)14)17-9-16-8-10-2-3-10/h4-6,10,15H,2-3,7-9H2,1H3. The van der Waals surface area contributed by atoms with E-state index in [1.807, 2.05) is 25.2 Å². The van der Waals surface area contributed by atoms with Gasteiger partial charge in [0.2, 0.25) is 0 Å². The predicted molar refractivity (Wildman–Crippen MR) is 71.1 cm³/mol. The van der Waals surface area contributed by atoms with E-state index in [2.05, 4.69) is 21.2 Å². The summed E-state index contributed by atoms with van der Waals surface area (Å²) >= 11 is 3.51. The van der Waals surface area contributed by atoms with E-state index < -0.39 is 0 Å². The number of hydrogen-bond acceptors (Lipinski definition) is 3. The summed E-state index contributed by atoms with van der Waals surface area (Å²) in [6.45, 7) is 2.00. The Bertz CT molecular complexity index is 366. The van der Waals surface area contributed by atoms with Crippen LogP contribution >= 0.6 is 15.9 Å². The molecule has 1 aliphatic carbocycles. The summed E-state index contributed by atoms with van der Waals surface area (Å²) in [5.41, 5.74) is 1.19. The van der Waals surface area contributed by atoms with Crippen LogP contribution in [0.15, 0.2) is 22.7 Å². The first-order valence-corrected chi connectivity index (χ1v) is 6.72. The molecular formula is C13H18BrNO2. The molecule has 1 saturated carbocycles. The van der Waals surface area contributed by atoms with Crippen molar-refractivity contribution in [1.82, 2.24) is 5.32 Å². The molecule has 0 radical (unpaired) electrons. The lowest BCUT2D eigenvalue weighted by molar-refractivity contribution is 0.00994. The van der Waals surface area contributed by atoms with Crippen molar-refractivity contribution in [1.29, 1.82) is 0 Å². The number of rotatable bonds is 7. The maximum atomic E-state index is 5.56. The topological polar surface area (TPSA) is 30.5 Å². The minimum absolute atomic E-state index is 0.344. The zero-order valence-corrected chi connectivity index (χ0v) is 11.6. The monoisotopic (exact) mass is 299 g/mol. The highest BCUT2D eigenvalue weighted by atomic mass is 79.9. The molecule has 1 N–H and O–H groups in total. The number of halogens is 1. The van der Waals surface area contributed by atoms with E-state index in [1.54, 1.807) is 0 Å². The third-order valence-corrected chi connectivity index (χ3v) is 3.52. The lowest BCUT2D eigenvalue weighted by atomic mass is 10.2. The maximum Gasteiger partial charge on any atom is 0.189 e. The van der Waals surface area contributed by atoms with Gasteiger partial charge in [0.1, 0.15) is 5.75 Å². The van der Waals surface area contributed by atoms with Crippen LogP contribution in [0.25, 0.3) is 0 Å². The number of benzene rings is 1. The lowest BCUT2D eigenvalue weighted by Gasteiger charge is -2.09. The molecule has 0 unspecified atom stereocenters. The van der Waals surface area contributed by atoms with E-state index in [-0.39, 0.29) is 0 Å². The Morgan fingerprint density at radius 3 is 2.94 bits per heavy atom. The van der Waals surface area contributed by atoms with Gasteiger partial charge in [-0.1, -0.05) is 15.9 Å². The second kappa shape index (κ2) is 6.38. The van der Waals surface area contributed by atoms with Gasteiger partial charge in [0.05, 0.1) is 6.61 Å². The van der Waals surface area contributed by atoms with E-state index in [4.69, 9.17) is 9.47 Å². The first kappa shape index (κ1) is 12.9. The minimum atomic E-state index is 0.344. The quantitative estimate of drug-likeness (QED) is 0.620. The van der Waals surface area contributed by atoms with Gasteiger partial charge in [0, 0.05) is 11.0 Å². The summed E-state index contributed by atoms with van der Waals surface area (Å²) in [6.07, 6.45) is 2.62. The Morgan fingerprint density at radius 1 is 1.41 bits per heavy atom. The largest absolute Gasteiger partial charge is 0.468 e. The average molecular weight is 300 g/mol. The van der Waals surface area contributed by atoms with E-state index >= 15 is 0 Å². The Morgan fingerprint density at radius 2 is 2.24 bits per heavy atom. The SMILES string of the molecule is CNCc1cc(OCOCC2CC2)ccc1Br. The third-order valence-electron chi connectivity index (χ3n) is 2.74. The molecule has 0 saturated heterocycles. The van der Waals surface area contributed by atoms with Crippen LogP contribution in [0.3, 0.4) is 0 Å². The van der Waals surface area contributed by atoms with Gasteiger partial charge in [-0.3, -0.25) is 0 Å². The Kier molecular flexibility index (Phi) is 4.83. The van der Waals surface area contributed by atoms with E-state index in [1.165, 1.54) is 18.4 Å². The smallest absolute Gasteiger partial charge is 0.189 e. The number of hydrogen-bond donors (Lipinski definition) is 1. The molecule has 0 amide bonds. The highest BCUT2D eigenvalue weighted by Gasteiger charge is 2.21. The molecular weight excluding hydrogens is 282 g/mol. The first-order chi connectivity index (χ1) is 8.29. The van der Waals surface area contributed by atoms with Gasteiger partial charge >= 0.3 is 0 Å². The average Bonchev–Trinajstić information content (AvgIpc) is 3.13. The summed E-state index contributed by atoms with van der Waals surface area (Å²) in [5, 5.41) is 3.13. The van der Waals surface area contributed by atoms with Crippen molar-refractivity contribution in [3.63, 3.8) is 0 Å².